The predicted molar refractivity (Wildman–Crippen MR) is 97.2 cm³/mol. The van der Waals surface area contributed by atoms with E-state index >= 15 is 0 Å². The Labute approximate surface area is 146 Å². The Bertz CT molecular complexity index is 869. The van der Waals surface area contributed by atoms with E-state index in [4.69, 9.17) is 9.47 Å². The summed E-state index contributed by atoms with van der Waals surface area (Å²) in [6, 6.07) is 11.8. The highest BCUT2D eigenvalue weighted by atomic mass is 16.5. The maximum Gasteiger partial charge on any atom is 0.356 e. The Balaban J connectivity index is 1.62. The van der Waals surface area contributed by atoms with Gasteiger partial charge in [-0.3, -0.25) is 0 Å². The number of H-pyrrole nitrogens is 1. The number of aromatic amines is 1. The summed E-state index contributed by atoms with van der Waals surface area (Å²) in [6.45, 7) is 3.06. The molecule has 1 N–H and O–H groups in total. The number of rotatable bonds is 7. The van der Waals surface area contributed by atoms with Crippen molar-refractivity contribution < 1.29 is 14.3 Å². The van der Waals surface area contributed by atoms with Crippen molar-refractivity contribution in [1.82, 2.24) is 9.97 Å². The number of aromatic nitrogens is 2. The van der Waals surface area contributed by atoms with E-state index in [-0.39, 0.29) is 0 Å². The molecule has 5 heteroatoms. The third kappa shape index (κ3) is 4.33. The van der Waals surface area contributed by atoms with Gasteiger partial charge in [0.2, 0.25) is 0 Å². The number of ether oxygens (including phenoxy) is 2. The molecule has 2 aromatic heterocycles. The van der Waals surface area contributed by atoms with Crippen molar-refractivity contribution in [3.05, 3.63) is 71.7 Å². The number of nitrogens with one attached hydrogen (secondary N) is 1. The first-order chi connectivity index (χ1) is 12.3. The summed E-state index contributed by atoms with van der Waals surface area (Å²) < 4.78 is 10.7. The van der Waals surface area contributed by atoms with Crippen molar-refractivity contribution in [3.63, 3.8) is 0 Å². The second kappa shape index (κ2) is 8.26. The number of pyridine rings is 1. The molecule has 1 aromatic carbocycles. The van der Waals surface area contributed by atoms with Crippen LogP contribution < -0.4 is 0 Å². The zero-order valence-electron chi connectivity index (χ0n) is 14.1. The molecule has 3 rings (SSSR count). The number of hydrogen-bond acceptors (Lipinski definition) is 4. The lowest BCUT2D eigenvalue weighted by atomic mass is 10.2. The fourth-order valence-electron chi connectivity index (χ4n) is 2.50. The summed E-state index contributed by atoms with van der Waals surface area (Å²) in [7, 11) is 0. The second-order valence-electron chi connectivity index (χ2n) is 5.48. The molecule has 0 amide bonds. The molecule has 0 saturated carbocycles. The summed E-state index contributed by atoms with van der Waals surface area (Å²) in [5.41, 5.74) is 3.30. The van der Waals surface area contributed by atoms with Crippen LogP contribution in [0.4, 0.5) is 0 Å². The average molecular weight is 336 g/mol. The lowest BCUT2D eigenvalue weighted by Gasteiger charge is -2.03. The van der Waals surface area contributed by atoms with E-state index in [2.05, 4.69) is 9.97 Å². The van der Waals surface area contributed by atoms with Gasteiger partial charge in [0.1, 0.15) is 5.69 Å². The van der Waals surface area contributed by atoms with Crippen LogP contribution in [-0.4, -0.2) is 29.2 Å². The summed E-state index contributed by atoms with van der Waals surface area (Å²) in [5, 5.41) is 0.921. The molecule has 0 saturated heterocycles. The molecule has 25 heavy (non-hydrogen) atoms. The van der Waals surface area contributed by atoms with Crippen LogP contribution in [0.5, 0.6) is 0 Å². The maximum absolute atomic E-state index is 11.8. The molecule has 0 atom stereocenters. The van der Waals surface area contributed by atoms with Crippen molar-refractivity contribution in [2.45, 2.75) is 13.5 Å². The van der Waals surface area contributed by atoms with Crippen LogP contribution in [0.3, 0.4) is 0 Å². The van der Waals surface area contributed by atoms with Crippen LogP contribution in [0.2, 0.25) is 0 Å². The number of fused-ring (bicyclic) bond motifs is 1. The number of nitrogens with zero attached hydrogens (tertiary/aromatic N) is 1. The van der Waals surface area contributed by atoms with Crippen LogP contribution in [-0.2, 0) is 16.1 Å². The fraction of sp³-hybridized carbons (Fsp3) is 0.200. The van der Waals surface area contributed by atoms with Crippen LogP contribution in [0.15, 0.2) is 54.9 Å². The fourth-order valence-corrected chi connectivity index (χ4v) is 2.50. The smallest absolute Gasteiger partial charge is 0.356 e. The van der Waals surface area contributed by atoms with Crippen molar-refractivity contribution in [2.24, 2.45) is 0 Å². The minimum atomic E-state index is -0.414. The molecule has 5 nitrogen and oxygen atoms in total. The van der Waals surface area contributed by atoms with Crippen molar-refractivity contribution >= 4 is 22.9 Å². The van der Waals surface area contributed by atoms with Crippen LogP contribution in [0, 0.1) is 0 Å². The SMILES string of the molecule is CCOC(=O)c1cc2c(COC/C=C/c3ccccc3)c[nH]c2cn1. The summed E-state index contributed by atoms with van der Waals surface area (Å²) >= 11 is 0. The summed E-state index contributed by atoms with van der Waals surface area (Å²) in [6.07, 6.45) is 7.52. The molecule has 0 aliphatic carbocycles. The standard InChI is InChI=1S/C20H20N2O3/c1-2-25-20(23)18-11-17-16(12-21-19(17)13-22-18)14-24-10-6-9-15-7-4-3-5-8-15/h3-9,11-13,21H,2,10,14H2,1H3/b9-6+. The second-order valence-corrected chi connectivity index (χ2v) is 5.48. The van der Waals surface area contributed by atoms with E-state index in [9.17, 15) is 4.79 Å². The van der Waals surface area contributed by atoms with Gasteiger partial charge in [-0.2, -0.15) is 0 Å². The number of benzene rings is 1. The molecule has 0 bridgehead atoms. The number of carbonyl (C=O) groups excluding carboxylic acids is 1. The molecule has 0 fully saturated rings. The first kappa shape index (κ1) is 16.9. The topological polar surface area (TPSA) is 64.2 Å². The van der Waals surface area contributed by atoms with E-state index < -0.39 is 5.97 Å². The van der Waals surface area contributed by atoms with E-state index in [1.165, 1.54) is 0 Å². The lowest BCUT2D eigenvalue weighted by Crippen LogP contribution is -2.06. The zero-order valence-corrected chi connectivity index (χ0v) is 14.1. The van der Waals surface area contributed by atoms with Gasteiger partial charge in [-0.15, -0.1) is 0 Å². The Morgan fingerprint density at radius 3 is 2.92 bits per heavy atom. The minimum Gasteiger partial charge on any atom is -0.461 e. The highest BCUT2D eigenvalue weighted by molar-refractivity contribution is 5.93. The highest BCUT2D eigenvalue weighted by Gasteiger charge is 2.11. The first-order valence-electron chi connectivity index (χ1n) is 8.20. The molecule has 0 radical (unpaired) electrons. The van der Waals surface area contributed by atoms with Crippen molar-refractivity contribution in [3.8, 4) is 0 Å². The quantitative estimate of drug-likeness (QED) is 0.524. The van der Waals surface area contributed by atoms with Crippen molar-refractivity contribution in [2.75, 3.05) is 13.2 Å². The van der Waals surface area contributed by atoms with Crippen molar-refractivity contribution in [1.29, 1.82) is 0 Å². The lowest BCUT2D eigenvalue weighted by molar-refractivity contribution is 0.0519. The number of esters is 1. The predicted octanol–water partition coefficient (Wildman–Crippen LogP) is 3.97. The van der Waals surface area contributed by atoms with Gasteiger partial charge in [-0.25, -0.2) is 9.78 Å². The third-order valence-corrected chi connectivity index (χ3v) is 3.72. The Kier molecular flexibility index (Phi) is 5.59. The average Bonchev–Trinajstić information content (AvgIpc) is 3.05. The normalized spacial score (nSPS) is 11.2. The van der Waals surface area contributed by atoms with Gasteiger partial charge >= 0.3 is 5.97 Å². The van der Waals surface area contributed by atoms with Gasteiger partial charge in [-0.1, -0.05) is 42.5 Å². The zero-order chi connectivity index (χ0) is 17.5. The van der Waals surface area contributed by atoms with Crippen LogP contribution in [0.25, 0.3) is 17.0 Å². The maximum atomic E-state index is 11.8. The highest BCUT2D eigenvalue weighted by Crippen LogP contribution is 2.19. The van der Waals surface area contributed by atoms with Crippen LogP contribution in [0.1, 0.15) is 28.5 Å². The van der Waals surface area contributed by atoms with Gasteiger partial charge in [0.05, 0.1) is 31.5 Å². The monoisotopic (exact) mass is 336 g/mol. The van der Waals surface area contributed by atoms with E-state index in [0.717, 1.165) is 22.0 Å². The Morgan fingerprint density at radius 2 is 2.12 bits per heavy atom. The molecule has 128 valence electrons. The molecular weight excluding hydrogens is 316 g/mol. The van der Waals surface area contributed by atoms with Crippen LogP contribution >= 0.6 is 0 Å². The molecule has 0 aliphatic heterocycles. The molecule has 0 spiro atoms. The summed E-state index contributed by atoms with van der Waals surface area (Å²) in [4.78, 5) is 19.1. The van der Waals surface area contributed by atoms with Gasteiger partial charge < -0.3 is 14.5 Å². The first-order valence-corrected chi connectivity index (χ1v) is 8.20. The summed E-state index contributed by atoms with van der Waals surface area (Å²) in [5.74, 6) is -0.414. The van der Waals surface area contributed by atoms with E-state index in [1.54, 1.807) is 19.2 Å². The minimum absolute atomic E-state index is 0.305. The molecular formula is C20H20N2O3. The van der Waals surface area contributed by atoms with E-state index in [1.807, 2.05) is 48.7 Å². The number of carbonyl (C=O) groups is 1. The molecule has 2 heterocycles. The van der Waals surface area contributed by atoms with Gasteiger partial charge in [0.25, 0.3) is 0 Å². The van der Waals surface area contributed by atoms with E-state index in [0.29, 0.717) is 25.5 Å². The molecule has 0 unspecified atom stereocenters. The largest absolute Gasteiger partial charge is 0.461 e. The molecule has 0 aliphatic rings. The van der Waals surface area contributed by atoms with Gasteiger partial charge in [-0.05, 0) is 18.6 Å². The Morgan fingerprint density at radius 1 is 1.28 bits per heavy atom. The molecule has 3 aromatic rings. The Hall–Kier alpha value is -2.92. The van der Waals surface area contributed by atoms with Gasteiger partial charge in [0.15, 0.2) is 0 Å². The number of hydrogen-bond donors (Lipinski definition) is 1. The van der Waals surface area contributed by atoms with Gasteiger partial charge in [0, 0.05) is 17.1 Å². The third-order valence-electron chi connectivity index (χ3n) is 3.72.